The third kappa shape index (κ3) is 1.87. The lowest BCUT2D eigenvalue weighted by Gasteiger charge is -2.40. The second-order valence-corrected chi connectivity index (χ2v) is 4.50. The van der Waals surface area contributed by atoms with Crippen molar-refractivity contribution < 1.29 is 0 Å². The van der Waals surface area contributed by atoms with Crippen LogP contribution in [0.5, 0.6) is 0 Å². The van der Waals surface area contributed by atoms with Crippen molar-refractivity contribution in [2.24, 2.45) is 11.7 Å². The highest BCUT2D eigenvalue weighted by atomic mass is 15.2. The summed E-state index contributed by atoms with van der Waals surface area (Å²) in [5, 5.41) is 0. The fourth-order valence-corrected chi connectivity index (χ4v) is 2.60. The fraction of sp³-hybridized carbons (Fsp3) is 1.00. The van der Waals surface area contributed by atoms with E-state index in [0.29, 0.717) is 6.04 Å². The van der Waals surface area contributed by atoms with Gasteiger partial charge in [0.1, 0.15) is 0 Å². The zero-order chi connectivity index (χ0) is 9.26. The van der Waals surface area contributed by atoms with Gasteiger partial charge in [-0.3, -0.25) is 4.90 Å². The van der Waals surface area contributed by atoms with Gasteiger partial charge in [-0.1, -0.05) is 0 Å². The van der Waals surface area contributed by atoms with Crippen molar-refractivity contribution in [3.05, 3.63) is 0 Å². The molecule has 76 valence electrons. The van der Waals surface area contributed by atoms with E-state index in [1.54, 1.807) is 0 Å². The van der Waals surface area contributed by atoms with Gasteiger partial charge >= 0.3 is 0 Å². The van der Waals surface area contributed by atoms with Crippen LogP contribution in [-0.4, -0.2) is 55.6 Å². The summed E-state index contributed by atoms with van der Waals surface area (Å²) in [6.07, 6.45) is 2.72. The highest BCUT2D eigenvalue weighted by Gasteiger charge is 2.33. The van der Waals surface area contributed by atoms with Crippen molar-refractivity contribution in [3.63, 3.8) is 0 Å². The van der Waals surface area contributed by atoms with Gasteiger partial charge in [-0.15, -0.1) is 0 Å². The van der Waals surface area contributed by atoms with Gasteiger partial charge in [0.2, 0.25) is 0 Å². The summed E-state index contributed by atoms with van der Waals surface area (Å²) in [6, 6.07) is 0.665. The lowest BCUT2D eigenvalue weighted by Crippen LogP contribution is -2.52. The molecule has 13 heavy (non-hydrogen) atoms. The summed E-state index contributed by atoms with van der Waals surface area (Å²) in [4.78, 5) is 4.98. The van der Waals surface area contributed by atoms with Crippen LogP contribution in [0.25, 0.3) is 0 Å². The first-order chi connectivity index (χ1) is 6.31. The van der Waals surface area contributed by atoms with E-state index in [1.807, 2.05) is 0 Å². The number of hydrogen-bond acceptors (Lipinski definition) is 3. The summed E-state index contributed by atoms with van der Waals surface area (Å²) in [7, 11) is 2.21. The van der Waals surface area contributed by atoms with Gasteiger partial charge < -0.3 is 10.6 Å². The van der Waals surface area contributed by atoms with Crippen LogP contribution in [0.15, 0.2) is 0 Å². The number of nitrogens with zero attached hydrogens (tertiary/aromatic N) is 2. The molecule has 2 heterocycles. The first kappa shape index (κ1) is 9.44. The number of nitrogens with two attached hydrogens (primary N) is 1. The Balaban J connectivity index is 1.88. The molecule has 0 aliphatic carbocycles. The lowest BCUT2D eigenvalue weighted by molar-refractivity contribution is 0.0846. The molecular formula is C10H21N3. The molecule has 2 N–H and O–H groups in total. The molecule has 0 radical (unpaired) electrons. The van der Waals surface area contributed by atoms with E-state index in [0.717, 1.165) is 12.5 Å². The monoisotopic (exact) mass is 183 g/mol. The molecule has 0 amide bonds. The molecule has 0 aromatic carbocycles. The van der Waals surface area contributed by atoms with Crippen LogP contribution in [0, 0.1) is 5.92 Å². The Labute approximate surface area is 80.9 Å². The van der Waals surface area contributed by atoms with Gasteiger partial charge in [0, 0.05) is 19.1 Å². The highest BCUT2D eigenvalue weighted by Crippen LogP contribution is 2.24. The van der Waals surface area contributed by atoms with Crippen LogP contribution in [0.2, 0.25) is 0 Å². The summed E-state index contributed by atoms with van der Waals surface area (Å²) in [5.41, 5.74) is 5.85. The maximum atomic E-state index is 5.85. The second kappa shape index (κ2) is 3.95. The highest BCUT2D eigenvalue weighted by molar-refractivity contribution is 4.89. The van der Waals surface area contributed by atoms with Crippen molar-refractivity contribution in [1.29, 1.82) is 0 Å². The van der Waals surface area contributed by atoms with Gasteiger partial charge in [-0.2, -0.15) is 0 Å². The van der Waals surface area contributed by atoms with Crippen LogP contribution in [0.1, 0.15) is 12.8 Å². The summed E-state index contributed by atoms with van der Waals surface area (Å²) in [6.45, 7) is 5.91. The Bertz CT molecular complexity index is 168. The molecule has 2 unspecified atom stereocenters. The Morgan fingerprint density at radius 3 is 2.54 bits per heavy atom. The van der Waals surface area contributed by atoms with Gasteiger partial charge in [-0.05, 0) is 45.4 Å². The number of rotatable bonds is 3. The van der Waals surface area contributed by atoms with Crippen LogP contribution in [0.4, 0.5) is 0 Å². The molecule has 2 aliphatic rings. The molecule has 0 saturated carbocycles. The molecule has 2 saturated heterocycles. The van der Waals surface area contributed by atoms with Crippen LogP contribution < -0.4 is 5.73 Å². The quantitative estimate of drug-likeness (QED) is 0.667. The molecule has 0 aromatic heterocycles. The van der Waals surface area contributed by atoms with Gasteiger partial charge in [0.05, 0.1) is 0 Å². The predicted molar refractivity (Wildman–Crippen MR) is 54.6 cm³/mol. The molecule has 2 fully saturated rings. The van der Waals surface area contributed by atoms with Crippen LogP contribution in [-0.2, 0) is 0 Å². The number of likely N-dealkylation sites (tertiary alicyclic amines) is 2. The average molecular weight is 183 g/mol. The predicted octanol–water partition coefficient (Wildman–Crippen LogP) is -0.0289. The van der Waals surface area contributed by atoms with Crippen molar-refractivity contribution in [1.82, 2.24) is 9.80 Å². The zero-order valence-electron chi connectivity index (χ0n) is 8.58. The molecule has 3 nitrogen and oxygen atoms in total. The normalized spacial score (nSPS) is 33.2. The van der Waals surface area contributed by atoms with Crippen molar-refractivity contribution in [3.8, 4) is 0 Å². The van der Waals surface area contributed by atoms with Gasteiger partial charge in [0.15, 0.2) is 0 Å². The molecule has 3 heteroatoms. The van der Waals surface area contributed by atoms with Gasteiger partial charge in [-0.25, -0.2) is 0 Å². The van der Waals surface area contributed by atoms with Crippen LogP contribution >= 0.6 is 0 Å². The molecule has 0 bridgehead atoms. The van der Waals surface area contributed by atoms with E-state index in [1.165, 1.54) is 39.0 Å². The van der Waals surface area contributed by atoms with Crippen molar-refractivity contribution in [2.45, 2.75) is 18.9 Å². The van der Waals surface area contributed by atoms with E-state index in [4.69, 9.17) is 5.73 Å². The summed E-state index contributed by atoms with van der Waals surface area (Å²) < 4.78 is 0. The Kier molecular flexibility index (Phi) is 2.86. The third-order valence-electron chi connectivity index (χ3n) is 3.57. The summed E-state index contributed by atoms with van der Waals surface area (Å²) >= 11 is 0. The third-order valence-corrected chi connectivity index (χ3v) is 3.57. The van der Waals surface area contributed by atoms with Crippen molar-refractivity contribution >= 4 is 0 Å². The fourth-order valence-electron chi connectivity index (χ4n) is 2.60. The molecular weight excluding hydrogens is 162 g/mol. The molecule has 0 aromatic rings. The smallest absolute Gasteiger partial charge is 0.0259 e. The van der Waals surface area contributed by atoms with E-state index < -0.39 is 0 Å². The van der Waals surface area contributed by atoms with Gasteiger partial charge in [0.25, 0.3) is 0 Å². The maximum Gasteiger partial charge on any atom is 0.0259 e. The SMILES string of the molecule is CN1CCC(C(CN)N2CCC2)C1. The first-order valence-electron chi connectivity index (χ1n) is 5.44. The standard InChI is InChI=1S/C10H21N3/c1-12-6-3-9(8-12)10(7-11)13-4-2-5-13/h9-10H,2-8,11H2,1H3. The Morgan fingerprint density at radius 1 is 1.38 bits per heavy atom. The van der Waals surface area contributed by atoms with E-state index in [2.05, 4.69) is 16.8 Å². The van der Waals surface area contributed by atoms with E-state index >= 15 is 0 Å². The Hall–Kier alpha value is -0.120. The average Bonchev–Trinajstić information content (AvgIpc) is 2.43. The minimum atomic E-state index is 0.665. The topological polar surface area (TPSA) is 32.5 Å². The first-order valence-corrected chi connectivity index (χ1v) is 5.44. The minimum absolute atomic E-state index is 0.665. The molecule has 2 atom stereocenters. The summed E-state index contributed by atoms with van der Waals surface area (Å²) in [5.74, 6) is 0.829. The number of hydrogen-bond donors (Lipinski definition) is 1. The molecule has 2 rings (SSSR count). The second-order valence-electron chi connectivity index (χ2n) is 4.50. The lowest BCUT2D eigenvalue weighted by atomic mass is 9.95. The Morgan fingerprint density at radius 2 is 2.15 bits per heavy atom. The van der Waals surface area contributed by atoms with Crippen LogP contribution in [0.3, 0.4) is 0 Å². The maximum absolute atomic E-state index is 5.85. The van der Waals surface area contributed by atoms with E-state index in [9.17, 15) is 0 Å². The van der Waals surface area contributed by atoms with E-state index in [-0.39, 0.29) is 0 Å². The molecule has 2 aliphatic heterocycles. The van der Waals surface area contributed by atoms with Crippen molar-refractivity contribution in [2.75, 3.05) is 39.8 Å². The minimum Gasteiger partial charge on any atom is -0.329 e. The molecule has 0 spiro atoms. The zero-order valence-corrected chi connectivity index (χ0v) is 8.58. The largest absolute Gasteiger partial charge is 0.329 e.